The molecule has 1 aliphatic rings. The average molecular weight is 242 g/mol. The molecule has 0 saturated carbocycles. The minimum atomic E-state index is -0.996. The van der Waals surface area contributed by atoms with Crippen LogP contribution in [0.1, 0.15) is 32.9 Å². The smallest absolute Gasteiger partial charge is 0.330 e. The van der Waals surface area contributed by atoms with Gasteiger partial charge in [-0.2, -0.15) is 4.39 Å². The van der Waals surface area contributed by atoms with Gasteiger partial charge in [-0.1, -0.05) is 13.8 Å². The van der Waals surface area contributed by atoms with E-state index in [1.54, 1.807) is 0 Å². The maximum absolute atomic E-state index is 13.1. The number of halogens is 1. The van der Waals surface area contributed by atoms with Crippen molar-refractivity contribution in [3.05, 3.63) is 32.9 Å². The number of hydrogen-bond donors (Lipinski definition) is 1. The van der Waals surface area contributed by atoms with Crippen LogP contribution in [-0.2, 0) is 4.74 Å². The van der Waals surface area contributed by atoms with Crippen molar-refractivity contribution >= 4 is 0 Å². The fourth-order valence-corrected chi connectivity index (χ4v) is 2.21. The van der Waals surface area contributed by atoms with E-state index >= 15 is 0 Å². The van der Waals surface area contributed by atoms with E-state index in [4.69, 9.17) is 4.74 Å². The van der Waals surface area contributed by atoms with E-state index in [1.165, 1.54) is 0 Å². The van der Waals surface area contributed by atoms with Crippen molar-refractivity contribution in [3.8, 4) is 0 Å². The fourth-order valence-electron chi connectivity index (χ4n) is 2.21. The second kappa shape index (κ2) is 4.44. The van der Waals surface area contributed by atoms with Gasteiger partial charge in [0.15, 0.2) is 0 Å². The Bertz CT molecular complexity index is 522. The highest BCUT2D eigenvalue weighted by Crippen LogP contribution is 2.33. The molecule has 2 heterocycles. The maximum Gasteiger partial charge on any atom is 0.330 e. The number of nitrogens with one attached hydrogen (secondary N) is 1. The van der Waals surface area contributed by atoms with Crippen LogP contribution in [0.15, 0.2) is 15.8 Å². The number of ether oxygens (including phenoxy) is 1. The predicted molar refractivity (Wildman–Crippen MR) is 59.3 cm³/mol. The highest BCUT2D eigenvalue weighted by atomic mass is 19.1. The Morgan fingerprint density at radius 1 is 1.59 bits per heavy atom. The fraction of sp³-hybridized carbons (Fsp3) is 0.636. The summed E-state index contributed by atoms with van der Waals surface area (Å²) < 4.78 is 19.9. The third-order valence-corrected chi connectivity index (χ3v) is 3.18. The highest BCUT2D eigenvalue weighted by molar-refractivity contribution is 4.90. The van der Waals surface area contributed by atoms with Gasteiger partial charge in [-0.05, 0) is 18.8 Å². The lowest BCUT2D eigenvalue weighted by Crippen LogP contribution is -2.33. The summed E-state index contributed by atoms with van der Waals surface area (Å²) in [5.74, 6) is -0.660. The van der Waals surface area contributed by atoms with Crippen molar-refractivity contribution in [2.75, 3.05) is 0 Å². The van der Waals surface area contributed by atoms with Gasteiger partial charge >= 0.3 is 5.69 Å². The largest absolute Gasteiger partial charge is 0.354 e. The zero-order chi connectivity index (χ0) is 12.6. The van der Waals surface area contributed by atoms with E-state index in [9.17, 15) is 14.0 Å². The van der Waals surface area contributed by atoms with Gasteiger partial charge in [-0.15, -0.1) is 0 Å². The lowest BCUT2D eigenvalue weighted by molar-refractivity contribution is -0.00813. The minimum Gasteiger partial charge on any atom is -0.354 e. The molecular weight excluding hydrogens is 227 g/mol. The molecule has 1 N–H and O–H groups in total. The number of hydrogen-bond acceptors (Lipinski definition) is 3. The van der Waals surface area contributed by atoms with Crippen molar-refractivity contribution in [1.82, 2.24) is 9.55 Å². The van der Waals surface area contributed by atoms with Crippen LogP contribution >= 0.6 is 0 Å². The van der Waals surface area contributed by atoms with Gasteiger partial charge < -0.3 is 4.74 Å². The third kappa shape index (κ3) is 2.17. The SMILES string of the molecule is CCC1OC(n2cc(F)c(=O)[nH]c2=O)CC1C. The average Bonchev–Trinajstić information content (AvgIpc) is 2.65. The normalized spacial score (nSPS) is 28.5. The molecular formula is C11H15FN2O3. The van der Waals surface area contributed by atoms with Gasteiger partial charge in [0.2, 0.25) is 5.82 Å². The van der Waals surface area contributed by atoms with E-state index < -0.39 is 23.3 Å². The van der Waals surface area contributed by atoms with E-state index in [0.29, 0.717) is 12.3 Å². The first-order valence-corrected chi connectivity index (χ1v) is 5.69. The van der Waals surface area contributed by atoms with Crippen molar-refractivity contribution in [1.29, 1.82) is 0 Å². The molecule has 0 aromatic carbocycles. The predicted octanol–water partition coefficient (Wildman–Crippen LogP) is 1.01. The molecule has 17 heavy (non-hydrogen) atoms. The molecule has 0 radical (unpaired) electrons. The maximum atomic E-state index is 13.1. The van der Waals surface area contributed by atoms with Crippen LogP contribution in [0, 0.1) is 11.7 Å². The Morgan fingerprint density at radius 2 is 2.29 bits per heavy atom. The van der Waals surface area contributed by atoms with Gasteiger partial charge in [0.25, 0.3) is 5.56 Å². The number of H-pyrrole nitrogens is 1. The first-order valence-electron chi connectivity index (χ1n) is 5.69. The minimum absolute atomic E-state index is 0.0712. The molecule has 1 aromatic rings. The Kier molecular flexibility index (Phi) is 3.15. The molecule has 0 bridgehead atoms. The molecule has 2 rings (SSSR count). The summed E-state index contributed by atoms with van der Waals surface area (Å²) in [5, 5.41) is 0. The van der Waals surface area contributed by atoms with E-state index in [-0.39, 0.29) is 6.10 Å². The molecule has 1 saturated heterocycles. The van der Waals surface area contributed by atoms with E-state index in [2.05, 4.69) is 0 Å². The standard InChI is InChI=1S/C11H15FN2O3/c1-3-8-6(2)4-9(17-8)14-5-7(12)10(15)13-11(14)16/h5-6,8-9H,3-4H2,1-2H3,(H,13,15,16). The molecule has 3 atom stereocenters. The Balaban J connectivity index is 2.34. The highest BCUT2D eigenvalue weighted by Gasteiger charge is 2.32. The number of nitrogens with zero attached hydrogens (tertiary/aromatic N) is 1. The van der Waals surface area contributed by atoms with Crippen LogP contribution in [0.4, 0.5) is 4.39 Å². The lowest BCUT2D eigenvalue weighted by Gasteiger charge is -2.14. The monoisotopic (exact) mass is 242 g/mol. The molecule has 6 heteroatoms. The summed E-state index contributed by atoms with van der Waals surface area (Å²) >= 11 is 0. The number of rotatable bonds is 2. The summed E-state index contributed by atoms with van der Waals surface area (Å²) in [5.41, 5.74) is -1.63. The van der Waals surface area contributed by atoms with Gasteiger partial charge in [0.05, 0.1) is 12.3 Å². The quantitative estimate of drug-likeness (QED) is 0.841. The van der Waals surface area contributed by atoms with Gasteiger partial charge in [0, 0.05) is 0 Å². The van der Waals surface area contributed by atoms with E-state index in [1.807, 2.05) is 18.8 Å². The van der Waals surface area contributed by atoms with Gasteiger partial charge in [-0.3, -0.25) is 14.3 Å². The summed E-state index contributed by atoms with van der Waals surface area (Å²) in [6, 6.07) is 0. The van der Waals surface area contributed by atoms with Crippen LogP contribution < -0.4 is 11.2 Å². The Labute approximate surface area is 97.2 Å². The molecule has 0 amide bonds. The number of aromatic nitrogens is 2. The van der Waals surface area contributed by atoms with Crippen LogP contribution in [-0.4, -0.2) is 15.7 Å². The summed E-state index contributed by atoms with van der Waals surface area (Å²) in [6.45, 7) is 4.03. The molecule has 94 valence electrons. The molecule has 1 fully saturated rings. The molecule has 1 aliphatic heterocycles. The summed E-state index contributed by atoms with van der Waals surface area (Å²) in [7, 11) is 0. The molecule has 0 spiro atoms. The van der Waals surface area contributed by atoms with Crippen molar-refractivity contribution < 1.29 is 9.13 Å². The van der Waals surface area contributed by atoms with Crippen LogP contribution in [0.5, 0.6) is 0 Å². The topological polar surface area (TPSA) is 64.1 Å². The van der Waals surface area contributed by atoms with Crippen molar-refractivity contribution in [2.24, 2.45) is 5.92 Å². The molecule has 1 aromatic heterocycles. The second-order valence-corrected chi connectivity index (χ2v) is 4.39. The first kappa shape index (κ1) is 12.0. The van der Waals surface area contributed by atoms with Crippen LogP contribution in [0.3, 0.4) is 0 Å². The molecule has 3 unspecified atom stereocenters. The molecule has 0 aliphatic carbocycles. The summed E-state index contributed by atoms with van der Waals surface area (Å²) in [6.07, 6.45) is 1.98. The zero-order valence-corrected chi connectivity index (χ0v) is 9.77. The van der Waals surface area contributed by atoms with Crippen molar-refractivity contribution in [3.63, 3.8) is 0 Å². The first-order chi connectivity index (χ1) is 8.02. The Hall–Kier alpha value is -1.43. The summed E-state index contributed by atoms with van der Waals surface area (Å²) in [4.78, 5) is 24.4. The van der Waals surface area contributed by atoms with Gasteiger partial charge in [-0.25, -0.2) is 4.79 Å². The van der Waals surface area contributed by atoms with Crippen LogP contribution in [0.25, 0.3) is 0 Å². The second-order valence-electron chi connectivity index (χ2n) is 4.39. The Morgan fingerprint density at radius 3 is 2.88 bits per heavy atom. The third-order valence-electron chi connectivity index (χ3n) is 3.18. The number of aromatic amines is 1. The van der Waals surface area contributed by atoms with Gasteiger partial charge in [0.1, 0.15) is 6.23 Å². The molecule has 5 nitrogen and oxygen atoms in total. The van der Waals surface area contributed by atoms with E-state index in [0.717, 1.165) is 17.2 Å². The zero-order valence-electron chi connectivity index (χ0n) is 9.77. The van der Waals surface area contributed by atoms with Crippen molar-refractivity contribution in [2.45, 2.75) is 39.0 Å². The van der Waals surface area contributed by atoms with Crippen LogP contribution in [0.2, 0.25) is 0 Å². The lowest BCUT2D eigenvalue weighted by atomic mass is 10.0.